The Morgan fingerprint density at radius 3 is 2.52 bits per heavy atom. The van der Waals surface area contributed by atoms with Crippen molar-refractivity contribution in [3.8, 4) is 5.75 Å². The third kappa shape index (κ3) is 4.21. The number of likely N-dealkylation sites (N-methyl/N-ethyl adjacent to an activating group) is 1. The molecule has 0 radical (unpaired) electrons. The zero-order valence-electron chi connectivity index (χ0n) is 12.1. The Morgan fingerprint density at radius 1 is 1.19 bits per heavy atom. The number of aryl methyl sites for hydroxylation is 1. The van der Waals surface area contributed by atoms with Gasteiger partial charge in [-0.05, 0) is 25.1 Å². The first-order chi connectivity index (χ1) is 10.1. The van der Waals surface area contributed by atoms with Crippen molar-refractivity contribution < 1.29 is 9.53 Å². The number of ether oxygens (including phenoxy) is 1. The van der Waals surface area contributed by atoms with Gasteiger partial charge in [-0.25, -0.2) is 0 Å². The van der Waals surface area contributed by atoms with Gasteiger partial charge in [0.05, 0.1) is 12.1 Å². The highest BCUT2D eigenvalue weighted by Gasteiger charge is 2.11. The average Bonchev–Trinajstić information content (AvgIpc) is 2.49. The fraction of sp³-hybridized carbons (Fsp3) is 0.250. The second kappa shape index (κ2) is 6.74. The van der Waals surface area contributed by atoms with Crippen molar-refractivity contribution in [1.29, 1.82) is 0 Å². The molecule has 1 aromatic carbocycles. The van der Waals surface area contributed by atoms with Crippen molar-refractivity contribution in [2.45, 2.75) is 6.92 Å². The lowest BCUT2D eigenvalue weighted by Crippen LogP contribution is -2.31. The van der Waals surface area contributed by atoms with E-state index in [0.717, 1.165) is 5.75 Å². The van der Waals surface area contributed by atoms with E-state index in [0.29, 0.717) is 18.7 Å². The van der Waals surface area contributed by atoms with E-state index < -0.39 is 0 Å². The summed E-state index contributed by atoms with van der Waals surface area (Å²) < 4.78 is 5.59. The topological polar surface area (TPSA) is 62.4 Å². The first-order valence-corrected chi connectivity index (χ1v) is 6.70. The summed E-state index contributed by atoms with van der Waals surface area (Å²) in [5, 5.41) is 0. The quantitative estimate of drug-likeness (QED) is 0.912. The van der Waals surface area contributed by atoms with Crippen LogP contribution in [0.15, 0.2) is 47.4 Å². The van der Waals surface area contributed by atoms with Gasteiger partial charge in [0.1, 0.15) is 12.4 Å². The Bertz CT molecular complexity index is 641. The van der Waals surface area contributed by atoms with Crippen LogP contribution < -0.4 is 10.3 Å². The molecule has 0 saturated carbocycles. The molecule has 1 amide bonds. The van der Waals surface area contributed by atoms with Gasteiger partial charge in [-0.1, -0.05) is 17.7 Å². The Hall–Kier alpha value is -2.56. The zero-order valence-corrected chi connectivity index (χ0v) is 12.1. The molecule has 0 atom stereocenters. The summed E-state index contributed by atoms with van der Waals surface area (Å²) in [5.74, 6) is 0.629. The van der Waals surface area contributed by atoms with Crippen molar-refractivity contribution in [3.05, 3.63) is 64.1 Å². The molecule has 0 aliphatic heterocycles. The SMILES string of the molecule is Cc1ccc(OCCN(C)C(=O)c2ccc(=O)[nH]c2)cc1. The van der Waals surface area contributed by atoms with Crippen molar-refractivity contribution in [2.24, 2.45) is 0 Å². The van der Waals surface area contributed by atoms with Gasteiger partial charge in [-0.15, -0.1) is 0 Å². The maximum atomic E-state index is 12.1. The number of H-pyrrole nitrogens is 1. The monoisotopic (exact) mass is 286 g/mol. The Kier molecular flexibility index (Phi) is 4.77. The lowest BCUT2D eigenvalue weighted by molar-refractivity contribution is 0.0773. The molecule has 21 heavy (non-hydrogen) atoms. The largest absolute Gasteiger partial charge is 0.492 e. The van der Waals surface area contributed by atoms with Gasteiger partial charge in [-0.2, -0.15) is 0 Å². The molecule has 5 heteroatoms. The van der Waals surface area contributed by atoms with Crippen LogP contribution >= 0.6 is 0 Å². The molecule has 0 spiro atoms. The summed E-state index contributed by atoms with van der Waals surface area (Å²) in [6.45, 7) is 2.89. The predicted molar refractivity (Wildman–Crippen MR) is 80.7 cm³/mol. The van der Waals surface area contributed by atoms with Crippen LogP contribution in [0.4, 0.5) is 0 Å². The summed E-state index contributed by atoms with van der Waals surface area (Å²) >= 11 is 0. The number of hydrogen-bond donors (Lipinski definition) is 1. The van der Waals surface area contributed by atoms with Gasteiger partial charge in [0.25, 0.3) is 5.91 Å². The fourth-order valence-electron chi connectivity index (χ4n) is 1.80. The lowest BCUT2D eigenvalue weighted by atomic mass is 10.2. The normalized spacial score (nSPS) is 10.2. The number of carbonyl (C=O) groups is 1. The van der Waals surface area contributed by atoms with Gasteiger partial charge in [0.15, 0.2) is 0 Å². The van der Waals surface area contributed by atoms with Crippen LogP contribution in [-0.2, 0) is 0 Å². The van der Waals surface area contributed by atoms with E-state index in [1.54, 1.807) is 11.9 Å². The van der Waals surface area contributed by atoms with Crippen molar-refractivity contribution in [2.75, 3.05) is 20.2 Å². The second-order valence-corrected chi connectivity index (χ2v) is 4.83. The number of aromatic amines is 1. The number of carbonyl (C=O) groups excluding carboxylic acids is 1. The molecule has 0 saturated heterocycles. The number of nitrogens with zero attached hydrogens (tertiary/aromatic N) is 1. The van der Waals surface area contributed by atoms with Crippen LogP contribution in [0, 0.1) is 6.92 Å². The van der Waals surface area contributed by atoms with Crippen molar-refractivity contribution >= 4 is 5.91 Å². The molecule has 1 heterocycles. The van der Waals surface area contributed by atoms with Crippen molar-refractivity contribution in [3.63, 3.8) is 0 Å². The van der Waals surface area contributed by atoms with E-state index in [4.69, 9.17) is 4.74 Å². The highest BCUT2D eigenvalue weighted by Crippen LogP contribution is 2.11. The van der Waals surface area contributed by atoms with E-state index in [9.17, 15) is 9.59 Å². The summed E-state index contributed by atoms with van der Waals surface area (Å²) in [6.07, 6.45) is 1.42. The maximum absolute atomic E-state index is 12.1. The summed E-state index contributed by atoms with van der Waals surface area (Å²) in [6, 6.07) is 10.6. The third-order valence-electron chi connectivity index (χ3n) is 3.09. The lowest BCUT2D eigenvalue weighted by Gasteiger charge is -2.17. The summed E-state index contributed by atoms with van der Waals surface area (Å²) in [4.78, 5) is 27.1. The number of nitrogens with one attached hydrogen (secondary N) is 1. The molecule has 2 aromatic rings. The van der Waals surface area contributed by atoms with Crippen LogP contribution in [0.5, 0.6) is 5.75 Å². The van der Waals surface area contributed by atoms with Gasteiger partial charge in [-0.3, -0.25) is 9.59 Å². The van der Waals surface area contributed by atoms with Gasteiger partial charge >= 0.3 is 0 Å². The highest BCUT2D eigenvalue weighted by atomic mass is 16.5. The van der Waals surface area contributed by atoms with E-state index >= 15 is 0 Å². The van der Waals surface area contributed by atoms with Crippen LogP contribution in [0.2, 0.25) is 0 Å². The average molecular weight is 286 g/mol. The minimum Gasteiger partial charge on any atom is -0.492 e. The molecule has 5 nitrogen and oxygen atoms in total. The Balaban J connectivity index is 1.85. The van der Waals surface area contributed by atoms with Gasteiger partial charge in [0.2, 0.25) is 5.56 Å². The summed E-state index contributed by atoms with van der Waals surface area (Å²) in [7, 11) is 1.70. The Morgan fingerprint density at radius 2 is 1.90 bits per heavy atom. The number of benzene rings is 1. The highest BCUT2D eigenvalue weighted by molar-refractivity contribution is 5.93. The molecule has 110 valence electrons. The third-order valence-corrected chi connectivity index (χ3v) is 3.09. The van der Waals surface area contributed by atoms with Crippen LogP contribution in [-0.4, -0.2) is 36.0 Å². The fourth-order valence-corrected chi connectivity index (χ4v) is 1.80. The van der Waals surface area contributed by atoms with E-state index in [-0.39, 0.29) is 11.5 Å². The predicted octanol–water partition coefficient (Wildman–Crippen LogP) is 1.83. The first kappa shape index (κ1) is 14.8. The number of aromatic nitrogens is 1. The molecule has 0 aliphatic carbocycles. The molecule has 1 N–H and O–H groups in total. The first-order valence-electron chi connectivity index (χ1n) is 6.70. The molecular formula is C16H18N2O3. The molecular weight excluding hydrogens is 268 g/mol. The zero-order chi connectivity index (χ0) is 15.2. The minimum absolute atomic E-state index is 0.154. The molecule has 0 bridgehead atoms. The second-order valence-electron chi connectivity index (χ2n) is 4.83. The summed E-state index contributed by atoms with van der Waals surface area (Å²) in [5.41, 5.74) is 1.40. The molecule has 1 aromatic heterocycles. The van der Waals surface area contributed by atoms with Crippen LogP contribution in [0.3, 0.4) is 0 Å². The Labute approximate surface area is 123 Å². The number of amides is 1. The van der Waals surface area contributed by atoms with E-state index in [1.165, 1.54) is 23.9 Å². The standard InChI is InChI=1S/C16H18N2O3/c1-12-3-6-14(7-4-12)21-10-9-18(2)16(20)13-5-8-15(19)17-11-13/h3-8,11H,9-10H2,1-2H3,(H,17,19). The molecule has 0 aliphatic rings. The number of rotatable bonds is 5. The van der Waals surface area contributed by atoms with Crippen LogP contribution in [0.25, 0.3) is 0 Å². The maximum Gasteiger partial charge on any atom is 0.255 e. The van der Waals surface area contributed by atoms with E-state index in [1.807, 2.05) is 31.2 Å². The van der Waals surface area contributed by atoms with E-state index in [2.05, 4.69) is 4.98 Å². The number of hydrogen-bond acceptors (Lipinski definition) is 3. The molecule has 0 unspecified atom stereocenters. The molecule has 0 fully saturated rings. The number of pyridine rings is 1. The van der Waals surface area contributed by atoms with Gasteiger partial charge < -0.3 is 14.6 Å². The van der Waals surface area contributed by atoms with Crippen molar-refractivity contribution in [1.82, 2.24) is 9.88 Å². The van der Waals surface area contributed by atoms with Gasteiger partial charge in [0, 0.05) is 19.3 Å². The van der Waals surface area contributed by atoms with Crippen LogP contribution in [0.1, 0.15) is 15.9 Å². The minimum atomic E-state index is -0.225. The molecule has 2 rings (SSSR count). The smallest absolute Gasteiger partial charge is 0.255 e.